The largest absolute Gasteiger partial charge is 0.459 e. The van der Waals surface area contributed by atoms with E-state index in [9.17, 15) is 24.0 Å². The van der Waals surface area contributed by atoms with Gasteiger partial charge in [0.25, 0.3) is 0 Å². The molecule has 11 nitrogen and oxygen atoms in total. The van der Waals surface area contributed by atoms with Crippen molar-refractivity contribution in [2.24, 2.45) is 11.8 Å². The molecule has 0 saturated heterocycles. The van der Waals surface area contributed by atoms with E-state index in [2.05, 4.69) is 21.1 Å². The first-order valence-electron chi connectivity index (χ1n) is 14.3. The first-order valence-corrected chi connectivity index (χ1v) is 14.3. The van der Waals surface area contributed by atoms with Gasteiger partial charge in [-0.25, -0.2) is 0 Å². The number of rotatable bonds is 19. The summed E-state index contributed by atoms with van der Waals surface area (Å²) >= 11 is 0. The number of allylic oxidation sites excluding steroid dienone is 2. The van der Waals surface area contributed by atoms with Crippen molar-refractivity contribution in [2.45, 2.75) is 85.2 Å². The maximum absolute atomic E-state index is 13.4. The maximum Gasteiger partial charge on any atom is 0.325 e. The van der Waals surface area contributed by atoms with Crippen LogP contribution in [0.1, 0.15) is 66.7 Å². The Labute approximate surface area is 246 Å². The molecule has 0 aliphatic heterocycles. The second kappa shape index (κ2) is 18.6. The van der Waals surface area contributed by atoms with E-state index in [-0.39, 0.29) is 24.7 Å². The van der Waals surface area contributed by atoms with Gasteiger partial charge in [0.15, 0.2) is 5.78 Å². The maximum atomic E-state index is 13.4. The van der Waals surface area contributed by atoms with Gasteiger partial charge in [0.1, 0.15) is 18.7 Å². The minimum atomic E-state index is -1.07. The lowest BCUT2D eigenvalue weighted by Gasteiger charge is -2.34. The number of Topliss-reactive ketones (excluding diaryl/α,β-unsaturated/α-hetero) is 1. The second-order valence-corrected chi connectivity index (χ2v) is 12.0. The van der Waals surface area contributed by atoms with E-state index in [4.69, 9.17) is 14.2 Å². The number of hydrogen-bond donors (Lipinski definition) is 0. The number of carbonyl (C=O) groups excluding carboxylic acids is 5. The van der Waals surface area contributed by atoms with E-state index < -0.39 is 48.2 Å². The van der Waals surface area contributed by atoms with E-state index in [1.54, 1.807) is 19.0 Å². The molecule has 11 heteroatoms. The number of carbonyl (C=O) groups is 5. The third kappa shape index (κ3) is 16.3. The van der Waals surface area contributed by atoms with Crippen molar-refractivity contribution in [3.8, 4) is 0 Å². The van der Waals surface area contributed by atoms with E-state index >= 15 is 0 Å². The molecule has 0 saturated carbocycles. The Balaban J connectivity index is 5.63. The van der Waals surface area contributed by atoms with Crippen molar-refractivity contribution in [3.05, 3.63) is 12.2 Å². The molecule has 0 aliphatic rings. The fourth-order valence-corrected chi connectivity index (χ4v) is 4.62. The van der Waals surface area contributed by atoms with Gasteiger partial charge in [-0.2, -0.15) is 0 Å². The first-order chi connectivity index (χ1) is 18.9. The molecule has 236 valence electrons. The molecule has 0 aromatic heterocycles. The quantitative estimate of drug-likeness (QED) is 0.0742. The highest BCUT2D eigenvalue weighted by molar-refractivity contribution is 5.87. The first kappa shape index (κ1) is 38.2. The Hall–Kier alpha value is -2.79. The van der Waals surface area contributed by atoms with Crippen LogP contribution in [0.2, 0.25) is 0 Å². The Kier molecular flexibility index (Phi) is 17.3. The minimum absolute atomic E-state index is 0.125. The van der Waals surface area contributed by atoms with E-state index in [0.29, 0.717) is 19.3 Å². The second-order valence-electron chi connectivity index (χ2n) is 12.0. The van der Waals surface area contributed by atoms with Crippen LogP contribution in [0.3, 0.4) is 0 Å². The number of ether oxygens (including phenoxy) is 3. The fourth-order valence-electron chi connectivity index (χ4n) is 4.62. The van der Waals surface area contributed by atoms with Gasteiger partial charge < -0.3 is 23.6 Å². The summed E-state index contributed by atoms with van der Waals surface area (Å²) in [6.45, 7) is 8.48. The van der Waals surface area contributed by atoms with Gasteiger partial charge in [0.2, 0.25) is 12.2 Å². The molecular weight excluding hydrogens is 530 g/mol. The standard InChI is InChI=1S/C30H54N3O8/c1-12-13-16-21(2)29(28(22(3)34)31(6)7)41-27(37)20-32(8)30(38)25(17-14-15-18-33(9,10)11)19-26(36)40-24(5)39-23(4)35/h12-13,21,24-25,28-29H,14-20H2,1-11H3/q+1/b13-12+/t21-,24?,25-,28-,29-/m1/s1. The summed E-state index contributed by atoms with van der Waals surface area (Å²) < 4.78 is 16.6. The van der Waals surface area contributed by atoms with E-state index in [1.165, 1.54) is 32.7 Å². The van der Waals surface area contributed by atoms with Crippen LogP contribution in [-0.2, 0) is 38.2 Å². The number of ketones is 1. The van der Waals surface area contributed by atoms with Crippen LogP contribution in [0, 0.1) is 11.8 Å². The molecule has 5 atom stereocenters. The monoisotopic (exact) mass is 584 g/mol. The van der Waals surface area contributed by atoms with Crippen LogP contribution in [0.5, 0.6) is 0 Å². The molecule has 0 rings (SSSR count). The van der Waals surface area contributed by atoms with E-state index in [0.717, 1.165) is 17.4 Å². The average molecular weight is 585 g/mol. The topological polar surface area (TPSA) is 120 Å². The molecule has 1 unspecified atom stereocenters. The average Bonchev–Trinajstić information content (AvgIpc) is 2.81. The number of hydrogen-bond acceptors (Lipinski definition) is 9. The zero-order chi connectivity index (χ0) is 31.9. The molecule has 0 N–H and O–H groups in total. The van der Waals surface area contributed by atoms with Gasteiger partial charge in [0, 0.05) is 26.8 Å². The predicted molar refractivity (Wildman–Crippen MR) is 156 cm³/mol. The summed E-state index contributed by atoms with van der Waals surface area (Å²) in [6, 6.07) is -0.636. The normalized spacial score (nSPS) is 15.5. The Bertz CT molecular complexity index is 897. The molecule has 0 fully saturated rings. The summed E-state index contributed by atoms with van der Waals surface area (Å²) in [5.41, 5.74) is 0. The minimum Gasteiger partial charge on any atom is -0.459 e. The molecule has 0 aromatic carbocycles. The molecule has 0 heterocycles. The van der Waals surface area contributed by atoms with Crippen LogP contribution in [-0.4, -0.2) is 118 Å². The fraction of sp³-hybridized carbons (Fsp3) is 0.767. The predicted octanol–water partition coefficient (Wildman–Crippen LogP) is 2.81. The molecule has 0 radical (unpaired) electrons. The summed E-state index contributed by atoms with van der Waals surface area (Å²) in [4.78, 5) is 65.6. The third-order valence-corrected chi connectivity index (χ3v) is 6.62. The molecule has 0 spiro atoms. The van der Waals surface area contributed by atoms with Gasteiger partial charge in [-0.1, -0.05) is 19.1 Å². The lowest BCUT2D eigenvalue weighted by molar-refractivity contribution is -0.870. The van der Waals surface area contributed by atoms with Crippen molar-refractivity contribution in [2.75, 3.05) is 55.4 Å². The Morgan fingerprint density at radius 1 is 0.878 bits per heavy atom. The number of esters is 3. The molecule has 1 amide bonds. The van der Waals surface area contributed by atoms with Crippen molar-refractivity contribution < 1.29 is 42.7 Å². The van der Waals surface area contributed by atoms with Crippen LogP contribution in [0.4, 0.5) is 0 Å². The van der Waals surface area contributed by atoms with Crippen LogP contribution in [0.15, 0.2) is 12.2 Å². The zero-order valence-corrected chi connectivity index (χ0v) is 27.1. The number of likely N-dealkylation sites (N-methyl/N-ethyl adjacent to an activating group) is 2. The number of nitrogens with zero attached hydrogens (tertiary/aromatic N) is 3. The smallest absolute Gasteiger partial charge is 0.325 e. The summed E-state index contributed by atoms with van der Waals surface area (Å²) in [7, 11) is 11.2. The van der Waals surface area contributed by atoms with Crippen molar-refractivity contribution in [1.29, 1.82) is 0 Å². The highest BCUT2D eigenvalue weighted by Crippen LogP contribution is 2.22. The lowest BCUT2D eigenvalue weighted by atomic mass is 9.91. The SMILES string of the molecule is C/C=C/C[C@@H](C)[C@@H](OC(=O)CN(C)C(=O)[C@H](CCCC[N+](C)(C)C)CC(=O)OC(C)OC(C)=O)[C@@H](C(C)=O)N(C)C. The summed E-state index contributed by atoms with van der Waals surface area (Å²) in [5.74, 6) is -3.28. The summed E-state index contributed by atoms with van der Waals surface area (Å²) in [5, 5.41) is 0. The van der Waals surface area contributed by atoms with Gasteiger partial charge in [-0.3, -0.25) is 28.9 Å². The van der Waals surface area contributed by atoms with Gasteiger partial charge in [0.05, 0.1) is 34.1 Å². The van der Waals surface area contributed by atoms with Gasteiger partial charge >= 0.3 is 17.9 Å². The van der Waals surface area contributed by atoms with Gasteiger partial charge in [-0.05, 0) is 59.5 Å². The zero-order valence-electron chi connectivity index (χ0n) is 27.1. The molecule has 0 bridgehead atoms. The molecule has 0 aliphatic carbocycles. The highest BCUT2D eigenvalue weighted by atomic mass is 16.7. The van der Waals surface area contributed by atoms with Crippen molar-refractivity contribution in [1.82, 2.24) is 9.80 Å². The van der Waals surface area contributed by atoms with Crippen LogP contribution in [0.25, 0.3) is 0 Å². The number of quaternary nitrogens is 1. The van der Waals surface area contributed by atoms with Gasteiger partial charge in [-0.15, -0.1) is 0 Å². The van der Waals surface area contributed by atoms with Crippen molar-refractivity contribution in [3.63, 3.8) is 0 Å². The molecule has 0 aromatic rings. The Morgan fingerprint density at radius 2 is 1.49 bits per heavy atom. The number of unbranched alkanes of at least 4 members (excludes halogenated alkanes) is 1. The Morgan fingerprint density at radius 3 is 1.98 bits per heavy atom. The summed E-state index contributed by atoms with van der Waals surface area (Å²) in [6.07, 6.45) is 4.44. The van der Waals surface area contributed by atoms with Crippen LogP contribution >= 0.6 is 0 Å². The molecule has 41 heavy (non-hydrogen) atoms. The van der Waals surface area contributed by atoms with E-state index in [1.807, 2.05) is 26.0 Å². The van der Waals surface area contributed by atoms with Crippen LogP contribution < -0.4 is 0 Å². The third-order valence-electron chi connectivity index (χ3n) is 6.62. The lowest BCUT2D eigenvalue weighted by Crippen LogP contribution is -2.50. The highest BCUT2D eigenvalue weighted by Gasteiger charge is 2.35. The molecular formula is C30H54N3O8+. The number of amides is 1. The van der Waals surface area contributed by atoms with Crippen molar-refractivity contribution >= 4 is 29.6 Å².